The van der Waals surface area contributed by atoms with Crippen molar-refractivity contribution in [2.75, 3.05) is 106 Å². The summed E-state index contributed by atoms with van der Waals surface area (Å²) in [5.41, 5.74) is 2.57. The number of ketones is 1. The Morgan fingerprint density at radius 2 is 1.06 bits per heavy atom. The van der Waals surface area contributed by atoms with Gasteiger partial charge in [0.1, 0.15) is 0 Å². The van der Waals surface area contributed by atoms with Gasteiger partial charge in [-0.2, -0.15) is 0 Å². The maximum atomic E-state index is 12.2. The van der Waals surface area contributed by atoms with E-state index in [-0.39, 0.29) is 48.0 Å². The Morgan fingerprint density at radius 3 is 1.46 bits per heavy atom. The number of carbonyl (C=O) groups is 2. The molecule has 17 nitrogen and oxygen atoms in total. The van der Waals surface area contributed by atoms with Gasteiger partial charge in [-0.15, -0.1) is 0 Å². The number of allylic oxidation sites excluding steroid dienone is 1. The van der Waals surface area contributed by atoms with E-state index in [4.69, 9.17) is 43.7 Å². The topological polar surface area (TPSA) is 230 Å². The van der Waals surface area contributed by atoms with E-state index in [0.717, 1.165) is 0 Å². The molecule has 1 aromatic carbocycles. The van der Waals surface area contributed by atoms with Crippen LogP contribution in [0.1, 0.15) is 36.0 Å². The van der Waals surface area contributed by atoms with Crippen molar-refractivity contribution >= 4 is 23.5 Å². The number of hydrogen-bond donors (Lipinski definition) is 4. The van der Waals surface area contributed by atoms with Gasteiger partial charge < -0.3 is 48.1 Å². The first kappa shape index (κ1) is 43.1. The summed E-state index contributed by atoms with van der Waals surface area (Å²) in [7, 11) is 0. The maximum absolute atomic E-state index is 12.2. The van der Waals surface area contributed by atoms with E-state index in [9.17, 15) is 29.9 Å². The number of nitrogens with zero attached hydrogens (tertiary/aromatic N) is 1. The van der Waals surface area contributed by atoms with E-state index in [1.54, 1.807) is 0 Å². The highest BCUT2D eigenvalue weighted by Crippen LogP contribution is 2.25. The van der Waals surface area contributed by atoms with Crippen LogP contribution in [0, 0.1) is 10.1 Å². The second kappa shape index (κ2) is 30.1. The molecule has 17 heteroatoms. The van der Waals surface area contributed by atoms with Gasteiger partial charge in [-0.25, -0.2) is 5.84 Å². The number of benzene rings is 1. The molecule has 0 radical (unpaired) electrons. The number of nitro benzene ring substituents is 1. The fourth-order valence-corrected chi connectivity index (χ4v) is 3.77. The van der Waals surface area contributed by atoms with Crippen LogP contribution >= 0.6 is 0 Å². The van der Waals surface area contributed by atoms with E-state index in [0.29, 0.717) is 118 Å². The van der Waals surface area contributed by atoms with Crippen molar-refractivity contribution in [3.05, 3.63) is 45.0 Å². The summed E-state index contributed by atoms with van der Waals surface area (Å²) in [4.78, 5) is 33.8. The lowest BCUT2D eigenvalue weighted by molar-refractivity contribution is -0.385. The van der Waals surface area contributed by atoms with Gasteiger partial charge in [0.2, 0.25) is 5.91 Å². The molecule has 0 heterocycles. The lowest BCUT2D eigenvalue weighted by Crippen LogP contribution is -2.30. The predicted molar refractivity (Wildman–Crippen MR) is 172 cm³/mol. The average Bonchev–Trinajstić information content (AvgIpc) is 3.09. The third kappa shape index (κ3) is 22.6. The quantitative estimate of drug-likeness (QED) is 0.0196. The molecule has 0 saturated heterocycles. The largest absolute Gasteiger partial charge is 0.392 e. The van der Waals surface area contributed by atoms with Crippen molar-refractivity contribution in [2.24, 2.45) is 5.84 Å². The molecule has 0 spiro atoms. The number of rotatable bonds is 33. The van der Waals surface area contributed by atoms with Crippen molar-refractivity contribution in [1.82, 2.24) is 5.43 Å². The van der Waals surface area contributed by atoms with Crippen LogP contribution in [0.4, 0.5) is 5.69 Å². The Kier molecular flexibility index (Phi) is 27.1. The van der Waals surface area contributed by atoms with Gasteiger partial charge in [-0.3, -0.25) is 25.1 Å². The molecule has 274 valence electrons. The maximum Gasteiger partial charge on any atom is 0.276 e. The first-order valence-electron chi connectivity index (χ1n) is 15.8. The summed E-state index contributed by atoms with van der Waals surface area (Å²) >= 11 is 0. The minimum absolute atomic E-state index is 0.177. The summed E-state index contributed by atoms with van der Waals surface area (Å²) in [5.74, 6) is 4.48. The van der Waals surface area contributed by atoms with E-state index in [2.05, 4.69) is 0 Å². The van der Waals surface area contributed by atoms with E-state index < -0.39 is 11.5 Å². The monoisotopic (exact) mass is 689 g/mol. The summed E-state index contributed by atoms with van der Waals surface area (Å²) in [6.07, 6.45) is 3.51. The molecular weight excluding hydrogens is 638 g/mol. The van der Waals surface area contributed by atoms with Gasteiger partial charge >= 0.3 is 0 Å². The molecule has 48 heavy (non-hydrogen) atoms. The van der Waals surface area contributed by atoms with E-state index in [1.807, 2.05) is 5.43 Å². The molecular formula is C31H51N3O14. The van der Waals surface area contributed by atoms with Crippen LogP contribution in [0.2, 0.25) is 0 Å². The Hall–Kier alpha value is -2.94. The van der Waals surface area contributed by atoms with Crippen LogP contribution in [0.3, 0.4) is 0 Å². The fourth-order valence-electron chi connectivity index (χ4n) is 3.77. The van der Waals surface area contributed by atoms with Crippen molar-refractivity contribution in [1.29, 1.82) is 0 Å². The molecule has 1 aromatic rings. The normalized spacial score (nSPS) is 11.4. The number of nitrogens with two attached hydrogens (primary N) is 1. The lowest BCUT2D eigenvalue weighted by Gasteiger charge is -2.08. The number of aliphatic hydroxyl groups excluding tert-OH is 2. The Morgan fingerprint density at radius 1 is 0.667 bits per heavy atom. The van der Waals surface area contributed by atoms with Crippen molar-refractivity contribution in [3.8, 4) is 0 Å². The molecule has 1 amide bonds. The highest BCUT2D eigenvalue weighted by molar-refractivity contribution is 5.94. The third-order valence-electron chi connectivity index (χ3n) is 6.29. The van der Waals surface area contributed by atoms with Gasteiger partial charge in [-0.1, -0.05) is 0 Å². The molecule has 0 unspecified atom stereocenters. The zero-order valence-electron chi connectivity index (χ0n) is 27.5. The summed E-state index contributed by atoms with van der Waals surface area (Å²) in [6, 6.07) is 2.59. The number of hydrogen-bond acceptors (Lipinski definition) is 15. The molecule has 0 saturated carbocycles. The number of carbonyl (C=O) groups excluding carboxylic acids is 2. The molecule has 0 fully saturated rings. The molecule has 0 aromatic heterocycles. The van der Waals surface area contributed by atoms with Gasteiger partial charge in [0.15, 0.2) is 5.78 Å². The number of nitrogens with one attached hydrogen (secondary N) is 1. The Labute approximate surface area is 280 Å². The number of aliphatic hydroxyl groups is 2. The molecule has 1 rings (SSSR count). The van der Waals surface area contributed by atoms with Crippen LogP contribution in [-0.2, 0) is 60.7 Å². The van der Waals surface area contributed by atoms with Gasteiger partial charge in [0, 0.05) is 19.1 Å². The minimum atomic E-state index is -0.598. The predicted octanol–water partition coefficient (Wildman–Crippen LogP) is 0.455. The molecule has 0 atom stereocenters. The van der Waals surface area contributed by atoms with E-state index >= 15 is 0 Å². The highest BCUT2D eigenvalue weighted by atomic mass is 16.6. The van der Waals surface area contributed by atoms with Crippen molar-refractivity contribution in [3.63, 3.8) is 0 Å². The summed E-state index contributed by atoms with van der Waals surface area (Å²) in [6.45, 7) is 5.78. The molecule has 5 N–H and O–H groups in total. The van der Waals surface area contributed by atoms with Crippen LogP contribution in [0.5, 0.6) is 0 Å². The summed E-state index contributed by atoms with van der Waals surface area (Å²) < 4.78 is 43.2. The second-order valence-electron chi connectivity index (χ2n) is 9.87. The Balaban J connectivity index is 1.86. The Bertz CT molecular complexity index is 1040. The first-order valence-corrected chi connectivity index (χ1v) is 15.8. The fraction of sp³-hybridized carbons (Fsp3) is 0.677. The zero-order chi connectivity index (χ0) is 35.1. The zero-order valence-corrected chi connectivity index (χ0v) is 27.5. The number of nitro groups is 1. The second-order valence-corrected chi connectivity index (χ2v) is 9.87. The van der Waals surface area contributed by atoms with Crippen LogP contribution in [0.15, 0.2) is 18.2 Å². The average molecular weight is 690 g/mol. The van der Waals surface area contributed by atoms with Crippen molar-refractivity contribution < 1.29 is 62.6 Å². The highest BCUT2D eigenvalue weighted by Gasteiger charge is 2.16. The molecule has 0 aliphatic rings. The number of amides is 1. The van der Waals surface area contributed by atoms with Crippen molar-refractivity contribution in [2.45, 2.75) is 32.5 Å². The standard InChI is InChI=1S/C31H51N3O14/c32-33-31(38)5-7-42-9-11-44-13-15-46-17-19-48-21-20-47-18-16-45-14-12-43-10-8-41-6-1-2-29(37)4-3-26-22-27(24-35)28(25-36)23-30(26)34(39)40/h3-4,22-23,35-36H,1-2,5-21,24-25,32H2,(H,33,38)/b4-3+. The van der Waals surface area contributed by atoms with Crippen LogP contribution < -0.4 is 11.3 Å². The first-order chi connectivity index (χ1) is 23.4. The molecule has 0 bridgehead atoms. The van der Waals surface area contributed by atoms with Gasteiger partial charge in [0.25, 0.3) is 5.69 Å². The molecule has 0 aliphatic heterocycles. The number of hydrazine groups is 1. The smallest absolute Gasteiger partial charge is 0.276 e. The SMILES string of the molecule is NNC(=O)CCOCCOCCOCCOCCOCCOCCOCCOCCCC(=O)/C=C/c1cc(CO)c(CO)cc1[N+](=O)[O-]. The third-order valence-corrected chi connectivity index (χ3v) is 6.29. The lowest BCUT2D eigenvalue weighted by atomic mass is 10.0. The number of ether oxygens (including phenoxy) is 8. The van der Waals surface area contributed by atoms with Crippen LogP contribution in [-0.4, -0.2) is 133 Å². The van der Waals surface area contributed by atoms with E-state index in [1.165, 1.54) is 24.3 Å². The van der Waals surface area contributed by atoms with Crippen LogP contribution in [0.25, 0.3) is 6.08 Å². The van der Waals surface area contributed by atoms with Gasteiger partial charge in [-0.05, 0) is 35.8 Å². The molecule has 0 aliphatic carbocycles. The summed E-state index contributed by atoms with van der Waals surface area (Å²) in [5, 5.41) is 30.1. The van der Waals surface area contributed by atoms with Gasteiger partial charge in [0.05, 0.1) is 129 Å². The minimum Gasteiger partial charge on any atom is -0.392 e.